The number of aromatic nitrogens is 2. The van der Waals surface area contributed by atoms with Crippen LogP contribution in [-0.4, -0.2) is 9.38 Å². The van der Waals surface area contributed by atoms with Gasteiger partial charge in [0.15, 0.2) is 4.96 Å². The number of imidazole rings is 1. The molecule has 0 aliphatic rings. The van der Waals surface area contributed by atoms with Crippen molar-refractivity contribution in [2.45, 2.75) is 19.4 Å². The third kappa shape index (κ3) is 2.39. The monoisotopic (exact) mass is 275 g/mol. The highest BCUT2D eigenvalue weighted by Crippen LogP contribution is 2.21. The van der Waals surface area contributed by atoms with E-state index in [1.165, 1.54) is 12.1 Å². The molecule has 1 atom stereocenters. The van der Waals surface area contributed by atoms with E-state index >= 15 is 0 Å². The Hall–Kier alpha value is -1.72. The number of aryl methyl sites for hydroxylation is 1. The summed E-state index contributed by atoms with van der Waals surface area (Å²) in [6.45, 7) is 1.88. The van der Waals surface area contributed by atoms with E-state index in [0.717, 1.165) is 21.8 Å². The minimum Gasteiger partial charge on any atom is -0.324 e. The molecule has 0 fully saturated rings. The quantitative estimate of drug-likeness (QED) is 0.798. The molecule has 0 amide bonds. The van der Waals surface area contributed by atoms with E-state index in [2.05, 4.69) is 4.98 Å². The fourth-order valence-electron chi connectivity index (χ4n) is 2.26. The Morgan fingerprint density at radius 1 is 1.47 bits per heavy atom. The second-order valence-electron chi connectivity index (χ2n) is 4.64. The summed E-state index contributed by atoms with van der Waals surface area (Å²) in [6, 6.07) is 4.56. The first-order valence-electron chi connectivity index (χ1n) is 6.06. The predicted molar refractivity (Wildman–Crippen MR) is 74.8 cm³/mol. The van der Waals surface area contributed by atoms with Crippen LogP contribution in [0.1, 0.15) is 22.9 Å². The number of nitrogens with two attached hydrogens (primary N) is 1. The maximum Gasteiger partial charge on any atom is 0.193 e. The minimum atomic E-state index is -0.226. The van der Waals surface area contributed by atoms with E-state index < -0.39 is 0 Å². The number of rotatable bonds is 3. The van der Waals surface area contributed by atoms with E-state index in [0.29, 0.717) is 6.42 Å². The van der Waals surface area contributed by atoms with Gasteiger partial charge < -0.3 is 5.73 Å². The number of hydrogen-bond acceptors (Lipinski definition) is 3. The Morgan fingerprint density at radius 3 is 3.05 bits per heavy atom. The number of thiazole rings is 1. The van der Waals surface area contributed by atoms with Crippen molar-refractivity contribution in [3.63, 3.8) is 0 Å². The van der Waals surface area contributed by atoms with Crippen LogP contribution in [0.3, 0.4) is 0 Å². The van der Waals surface area contributed by atoms with Crippen LogP contribution in [0.25, 0.3) is 4.96 Å². The molecular formula is C14H14FN3S. The minimum absolute atomic E-state index is 0.162. The molecule has 0 bridgehead atoms. The SMILES string of the molecule is Cc1cc(F)ccc1C(N)Cc1cn2ccsc2n1. The zero-order valence-corrected chi connectivity index (χ0v) is 11.3. The van der Waals surface area contributed by atoms with Gasteiger partial charge in [-0.1, -0.05) is 6.07 Å². The van der Waals surface area contributed by atoms with Crippen LogP contribution in [0.4, 0.5) is 4.39 Å². The predicted octanol–water partition coefficient (Wildman–Crippen LogP) is 3.09. The van der Waals surface area contributed by atoms with Crippen molar-refractivity contribution in [1.29, 1.82) is 0 Å². The molecule has 0 saturated heterocycles. The summed E-state index contributed by atoms with van der Waals surface area (Å²) in [7, 11) is 0. The molecular weight excluding hydrogens is 261 g/mol. The summed E-state index contributed by atoms with van der Waals surface area (Å²) >= 11 is 1.60. The molecule has 0 radical (unpaired) electrons. The van der Waals surface area contributed by atoms with Gasteiger partial charge in [-0.2, -0.15) is 0 Å². The Kier molecular flexibility index (Phi) is 3.08. The van der Waals surface area contributed by atoms with E-state index in [1.807, 2.05) is 29.1 Å². The zero-order valence-electron chi connectivity index (χ0n) is 10.5. The van der Waals surface area contributed by atoms with E-state index in [-0.39, 0.29) is 11.9 Å². The van der Waals surface area contributed by atoms with E-state index in [9.17, 15) is 4.39 Å². The Morgan fingerprint density at radius 2 is 2.32 bits per heavy atom. The lowest BCUT2D eigenvalue weighted by Crippen LogP contribution is -2.15. The molecule has 3 aromatic rings. The molecule has 5 heteroatoms. The van der Waals surface area contributed by atoms with Gasteiger partial charge in [0.2, 0.25) is 0 Å². The third-order valence-corrected chi connectivity index (χ3v) is 3.97. The van der Waals surface area contributed by atoms with Crippen molar-refractivity contribution in [3.05, 3.63) is 58.6 Å². The molecule has 0 saturated carbocycles. The molecule has 1 unspecified atom stereocenters. The summed E-state index contributed by atoms with van der Waals surface area (Å²) in [4.78, 5) is 5.48. The van der Waals surface area contributed by atoms with Gasteiger partial charge in [-0.05, 0) is 30.2 Å². The van der Waals surface area contributed by atoms with Crippen LogP contribution in [0.2, 0.25) is 0 Å². The average molecular weight is 275 g/mol. The highest BCUT2D eigenvalue weighted by atomic mass is 32.1. The fraction of sp³-hybridized carbons (Fsp3) is 0.214. The van der Waals surface area contributed by atoms with E-state index in [1.54, 1.807) is 17.4 Å². The van der Waals surface area contributed by atoms with Crippen LogP contribution in [0.15, 0.2) is 36.0 Å². The van der Waals surface area contributed by atoms with Crippen LogP contribution in [0.5, 0.6) is 0 Å². The first-order valence-corrected chi connectivity index (χ1v) is 6.94. The molecule has 0 spiro atoms. The van der Waals surface area contributed by atoms with E-state index in [4.69, 9.17) is 5.73 Å². The van der Waals surface area contributed by atoms with Gasteiger partial charge in [-0.25, -0.2) is 9.37 Å². The third-order valence-electron chi connectivity index (χ3n) is 3.20. The van der Waals surface area contributed by atoms with Crippen molar-refractivity contribution >= 4 is 16.3 Å². The molecule has 1 aromatic carbocycles. The summed E-state index contributed by atoms with van der Waals surface area (Å²) < 4.78 is 15.1. The normalized spacial score (nSPS) is 13.0. The van der Waals surface area contributed by atoms with Crippen molar-refractivity contribution in [2.24, 2.45) is 5.73 Å². The summed E-state index contributed by atoms with van der Waals surface area (Å²) in [5.41, 5.74) is 9.01. The van der Waals surface area contributed by atoms with Crippen LogP contribution < -0.4 is 5.73 Å². The van der Waals surface area contributed by atoms with Gasteiger partial charge in [-0.3, -0.25) is 4.40 Å². The lowest BCUT2D eigenvalue weighted by atomic mass is 9.98. The first-order chi connectivity index (χ1) is 9.13. The van der Waals surface area contributed by atoms with Crippen molar-refractivity contribution in [3.8, 4) is 0 Å². The van der Waals surface area contributed by atoms with Crippen molar-refractivity contribution in [2.75, 3.05) is 0 Å². The number of nitrogens with zero attached hydrogens (tertiary/aromatic N) is 2. The number of fused-ring (bicyclic) bond motifs is 1. The lowest BCUT2D eigenvalue weighted by Gasteiger charge is -2.13. The van der Waals surface area contributed by atoms with Gasteiger partial charge in [-0.15, -0.1) is 11.3 Å². The van der Waals surface area contributed by atoms with Crippen LogP contribution >= 0.6 is 11.3 Å². The lowest BCUT2D eigenvalue weighted by molar-refractivity contribution is 0.622. The zero-order chi connectivity index (χ0) is 13.4. The Bertz CT molecular complexity index is 688. The molecule has 2 heterocycles. The maximum absolute atomic E-state index is 13.1. The Balaban J connectivity index is 1.84. The average Bonchev–Trinajstić information content (AvgIpc) is 2.89. The summed E-state index contributed by atoms with van der Waals surface area (Å²) in [5.74, 6) is -0.226. The second kappa shape index (κ2) is 4.75. The molecule has 0 aliphatic heterocycles. The van der Waals surface area contributed by atoms with Gasteiger partial charge >= 0.3 is 0 Å². The molecule has 2 N–H and O–H groups in total. The number of hydrogen-bond donors (Lipinski definition) is 1. The summed E-state index contributed by atoms with van der Waals surface area (Å²) in [6.07, 6.45) is 4.62. The fourth-order valence-corrected chi connectivity index (χ4v) is 2.98. The Labute approximate surface area is 114 Å². The smallest absolute Gasteiger partial charge is 0.193 e. The van der Waals surface area contributed by atoms with Gasteiger partial charge in [0.05, 0.1) is 5.69 Å². The van der Waals surface area contributed by atoms with Crippen molar-refractivity contribution < 1.29 is 4.39 Å². The molecule has 0 aliphatic carbocycles. The highest BCUT2D eigenvalue weighted by molar-refractivity contribution is 7.15. The first kappa shape index (κ1) is 12.3. The highest BCUT2D eigenvalue weighted by Gasteiger charge is 2.13. The molecule has 3 rings (SSSR count). The van der Waals surface area contributed by atoms with Gasteiger partial charge in [0.25, 0.3) is 0 Å². The largest absolute Gasteiger partial charge is 0.324 e. The van der Waals surface area contributed by atoms with Gasteiger partial charge in [0.1, 0.15) is 5.82 Å². The molecule has 98 valence electrons. The standard InChI is InChI=1S/C14H14FN3S/c1-9-6-10(15)2-3-12(9)13(16)7-11-8-18-4-5-19-14(18)17-11/h2-6,8,13H,7,16H2,1H3. The number of benzene rings is 1. The molecule has 3 nitrogen and oxygen atoms in total. The molecule has 2 aromatic heterocycles. The topological polar surface area (TPSA) is 43.3 Å². The summed E-state index contributed by atoms with van der Waals surface area (Å²) in [5, 5.41) is 2.00. The molecule has 19 heavy (non-hydrogen) atoms. The van der Waals surface area contributed by atoms with Crippen LogP contribution in [-0.2, 0) is 6.42 Å². The second-order valence-corrected chi connectivity index (χ2v) is 5.51. The van der Waals surface area contributed by atoms with Gasteiger partial charge in [0, 0.05) is 30.2 Å². The van der Waals surface area contributed by atoms with Crippen LogP contribution in [0, 0.1) is 12.7 Å². The maximum atomic E-state index is 13.1. The number of halogens is 1. The van der Waals surface area contributed by atoms with Crippen molar-refractivity contribution in [1.82, 2.24) is 9.38 Å².